The molecule has 30 heavy (non-hydrogen) atoms. The summed E-state index contributed by atoms with van der Waals surface area (Å²) in [5.41, 5.74) is 1.77. The average Bonchev–Trinajstić information content (AvgIpc) is 2.74. The third kappa shape index (κ3) is 8.66. The Bertz CT molecular complexity index is 832. The fourth-order valence-corrected chi connectivity index (χ4v) is 2.74. The predicted molar refractivity (Wildman–Crippen MR) is 132 cm³/mol. The predicted octanol–water partition coefficient (Wildman–Crippen LogP) is 4.06. The van der Waals surface area contributed by atoms with E-state index < -0.39 is 0 Å². The van der Waals surface area contributed by atoms with Gasteiger partial charge in [0.1, 0.15) is 0 Å². The van der Waals surface area contributed by atoms with Gasteiger partial charge in [0.25, 0.3) is 0 Å². The van der Waals surface area contributed by atoms with E-state index in [9.17, 15) is 4.79 Å². The zero-order chi connectivity index (χ0) is 21.1. The van der Waals surface area contributed by atoms with Crippen LogP contribution in [0.3, 0.4) is 0 Å². The maximum Gasteiger partial charge on any atom is 0.224 e. The molecule has 0 aliphatic rings. The fourth-order valence-electron chi connectivity index (χ4n) is 2.61. The molecule has 2 aromatic carbocycles. The number of halogens is 2. The van der Waals surface area contributed by atoms with Gasteiger partial charge in [-0.05, 0) is 48.4 Å². The number of anilines is 1. The fraction of sp³-hybridized carbons (Fsp3) is 0.333. The van der Waals surface area contributed by atoms with Gasteiger partial charge < -0.3 is 25.4 Å². The van der Waals surface area contributed by atoms with Gasteiger partial charge >= 0.3 is 0 Å². The van der Waals surface area contributed by atoms with Crippen LogP contribution in [-0.4, -0.2) is 39.7 Å². The molecule has 1 amide bonds. The third-order valence-electron chi connectivity index (χ3n) is 4.13. The highest BCUT2D eigenvalue weighted by atomic mass is 127. The Hall–Kier alpha value is -2.20. The number of carbonyl (C=O) groups is 1. The summed E-state index contributed by atoms with van der Waals surface area (Å²) < 4.78 is 10.6. The molecule has 9 heteroatoms. The highest BCUT2D eigenvalue weighted by Gasteiger charge is 2.06. The molecule has 0 unspecified atom stereocenters. The van der Waals surface area contributed by atoms with Crippen molar-refractivity contribution in [2.75, 3.05) is 33.1 Å². The summed E-state index contributed by atoms with van der Waals surface area (Å²) in [5, 5.41) is 9.92. The van der Waals surface area contributed by atoms with Crippen LogP contribution in [0.5, 0.6) is 11.5 Å². The van der Waals surface area contributed by atoms with Crippen molar-refractivity contribution in [1.29, 1.82) is 0 Å². The van der Waals surface area contributed by atoms with E-state index in [2.05, 4.69) is 20.9 Å². The molecule has 0 aliphatic carbocycles. The second-order valence-electron chi connectivity index (χ2n) is 6.20. The number of ether oxygens (including phenoxy) is 2. The van der Waals surface area contributed by atoms with Gasteiger partial charge in [-0.25, -0.2) is 0 Å². The molecule has 0 spiro atoms. The summed E-state index contributed by atoms with van der Waals surface area (Å²) in [6, 6.07) is 12.8. The van der Waals surface area contributed by atoms with Crippen LogP contribution < -0.4 is 25.4 Å². The van der Waals surface area contributed by atoms with Gasteiger partial charge in [-0.3, -0.25) is 9.79 Å². The zero-order valence-electron chi connectivity index (χ0n) is 17.3. The molecule has 0 bridgehead atoms. The number of aliphatic imine (C=N–C) groups is 1. The summed E-state index contributed by atoms with van der Waals surface area (Å²) in [6.45, 7) is 1.21. The van der Waals surface area contributed by atoms with Crippen molar-refractivity contribution in [2.24, 2.45) is 4.99 Å². The van der Waals surface area contributed by atoms with Gasteiger partial charge in [0, 0.05) is 37.3 Å². The molecule has 0 fully saturated rings. The summed E-state index contributed by atoms with van der Waals surface area (Å²) in [6.07, 6.45) is 1.08. The lowest BCUT2D eigenvalue weighted by molar-refractivity contribution is -0.116. The van der Waals surface area contributed by atoms with Crippen molar-refractivity contribution in [1.82, 2.24) is 10.6 Å². The lowest BCUT2D eigenvalue weighted by Gasteiger charge is -2.13. The Labute approximate surface area is 199 Å². The second kappa shape index (κ2) is 13.9. The largest absolute Gasteiger partial charge is 0.493 e. The van der Waals surface area contributed by atoms with Gasteiger partial charge in [0.05, 0.1) is 14.2 Å². The van der Waals surface area contributed by atoms with Crippen LogP contribution in [0, 0.1) is 0 Å². The molecule has 0 saturated carbocycles. The van der Waals surface area contributed by atoms with E-state index >= 15 is 0 Å². The first-order valence-corrected chi connectivity index (χ1v) is 9.64. The van der Waals surface area contributed by atoms with Gasteiger partial charge in [-0.2, -0.15) is 0 Å². The van der Waals surface area contributed by atoms with E-state index in [1.54, 1.807) is 45.5 Å². The van der Waals surface area contributed by atoms with Crippen molar-refractivity contribution in [3.8, 4) is 11.5 Å². The molecular weight excluding hydrogens is 519 g/mol. The second-order valence-corrected chi connectivity index (χ2v) is 6.64. The molecule has 3 N–H and O–H groups in total. The van der Waals surface area contributed by atoms with Crippen LogP contribution in [0.15, 0.2) is 47.5 Å². The number of amides is 1. The first kappa shape index (κ1) is 25.8. The van der Waals surface area contributed by atoms with E-state index in [0.717, 1.165) is 11.3 Å². The molecule has 0 aliphatic heterocycles. The number of methoxy groups -OCH3 is 2. The molecule has 0 radical (unpaired) electrons. The number of benzene rings is 2. The lowest BCUT2D eigenvalue weighted by atomic mass is 10.2. The topological polar surface area (TPSA) is 84.0 Å². The molecule has 0 atom stereocenters. The molecular formula is C21H28ClIN4O3. The van der Waals surface area contributed by atoms with Crippen molar-refractivity contribution >= 4 is 53.1 Å². The maximum atomic E-state index is 12.0. The van der Waals surface area contributed by atoms with Gasteiger partial charge in [-0.1, -0.05) is 17.7 Å². The van der Waals surface area contributed by atoms with Crippen LogP contribution in [0.1, 0.15) is 18.4 Å². The Balaban J connectivity index is 0.00000450. The quantitative estimate of drug-likeness (QED) is 0.191. The molecule has 0 aromatic heterocycles. The standard InChI is InChI=1S/C21H27ClN4O3.HI/c1-23-21(25-14-15-6-11-18(28-2)19(13-15)29-3)24-12-4-5-20(27)26-17-9-7-16(22)8-10-17;/h6-11,13H,4-5,12,14H2,1-3H3,(H,26,27)(H2,23,24,25);1H. The normalized spacial score (nSPS) is 10.6. The minimum absolute atomic E-state index is 0. The van der Waals surface area contributed by atoms with Gasteiger partial charge in [0.2, 0.25) is 5.91 Å². The smallest absolute Gasteiger partial charge is 0.224 e. The summed E-state index contributed by atoms with van der Waals surface area (Å²) in [4.78, 5) is 16.2. The van der Waals surface area contributed by atoms with E-state index in [1.807, 2.05) is 18.2 Å². The van der Waals surface area contributed by atoms with Crippen LogP contribution in [0.2, 0.25) is 5.02 Å². The van der Waals surface area contributed by atoms with Crippen LogP contribution in [0.4, 0.5) is 5.69 Å². The Morgan fingerprint density at radius 1 is 1.03 bits per heavy atom. The molecule has 164 valence electrons. The Morgan fingerprint density at radius 3 is 2.37 bits per heavy atom. The number of hydrogen-bond acceptors (Lipinski definition) is 4. The molecule has 0 heterocycles. The first-order valence-electron chi connectivity index (χ1n) is 9.26. The van der Waals surface area contributed by atoms with Gasteiger partial charge in [-0.15, -0.1) is 24.0 Å². The molecule has 7 nitrogen and oxygen atoms in total. The van der Waals surface area contributed by atoms with Gasteiger partial charge in [0.15, 0.2) is 17.5 Å². The highest BCUT2D eigenvalue weighted by molar-refractivity contribution is 14.0. The maximum absolute atomic E-state index is 12.0. The highest BCUT2D eigenvalue weighted by Crippen LogP contribution is 2.27. The van der Waals surface area contributed by atoms with Crippen LogP contribution in [0.25, 0.3) is 0 Å². The van der Waals surface area contributed by atoms with Crippen molar-refractivity contribution in [3.63, 3.8) is 0 Å². The van der Waals surface area contributed by atoms with Crippen LogP contribution in [-0.2, 0) is 11.3 Å². The third-order valence-corrected chi connectivity index (χ3v) is 4.38. The molecule has 2 rings (SSSR count). The lowest BCUT2D eigenvalue weighted by Crippen LogP contribution is -2.37. The Kier molecular flexibility index (Phi) is 12.0. The monoisotopic (exact) mass is 546 g/mol. The SMILES string of the molecule is CN=C(NCCCC(=O)Nc1ccc(Cl)cc1)NCc1ccc(OC)c(OC)c1.I. The van der Waals surface area contributed by atoms with E-state index in [1.165, 1.54) is 0 Å². The summed E-state index contributed by atoms with van der Waals surface area (Å²) >= 11 is 5.84. The van der Waals surface area contributed by atoms with E-state index in [-0.39, 0.29) is 29.9 Å². The number of nitrogens with one attached hydrogen (secondary N) is 3. The number of nitrogens with zero attached hydrogens (tertiary/aromatic N) is 1. The first-order chi connectivity index (χ1) is 14.0. The summed E-state index contributed by atoms with van der Waals surface area (Å²) in [7, 11) is 4.92. The zero-order valence-corrected chi connectivity index (χ0v) is 20.4. The minimum Gasteiger partial charge on any atom is -0.493 e. The van der Waals surface area contributed by atoms with Crippen molar-refractivity contribution < 1.29 is 14.3 Å². The van der Waals surface area contributed by atoms with Crippen LogP contribution >= 0.6 is 35.6 Å². The van der Waals surface area contributed by atoms with E-state index in [4.69, 9.17) is 21.1 Å². The summed E-state index contributed by atoms with van der Waals surface area (Å²) in [5.74, 6) is 2.00. The average molecular weight is 547 g/mol. The minimum atomic E-state index is -0.0394. The van der Waals surface area contributed by atoms with E-state index in [0.29, 0.717) is 48.4 Å². The number of guanidine groups is 1. The van der Waals surface area contributed by atoms with Crippen molar-refractivity contribution in [3.05, 3.63) is 53.1 Å². The Morgan fingerprint density at radius 2 is 1.73 bits per heavy atom. The number of rotatable bonds is 9. The van der Waals surface area contributed by atoms with Crippen molar-refractivity contribution in [2.45, 2.75) is 19.4 Å². The number of carbonyl (C=O) groups excluding carboxylic acids is 1. The molecule has 2 aromatic rings. The number of hydrogen-bond donors (Lipinski definition) is 3. The molecule has 0 saturated heterocycles.